The first-order chi connectivity index (χ1) is 9.18. The molecule has 0 saturated carbocycles. The minimum Gasteiger partial charge on any atom is -0.291 e. The molecule has 0 aliphatic carbocycles. The number of amidine groups is 1. The number of aromatic nitrogens is 2. The van der Waals surface area contributed by atoms with Crippen LogP contribution < -0.4 is 5.84 Å². The van der Waals surface area contributed by atoms with Gasteiger partial charge < -0.3 is 0 Å². The Morgan fingerprint density at radius 1 is 1.21 bits per heavy atom. The minimum atomic E-state index is 0.740. The Hall–Kier alpha value is -2.14. The van der Waals surface area contributed by atoms with E-state index in [4.69, 9.17) is 5.84 Å². The molecule has 5 heteroatoms. The predicted molar refractivity (Wildman–Crippen MR) is 75.7 cm³/mol. The van der Waals surface area contributed by atoms with Crippen molar-refractivity contribution in [1.29, 1.82) is 0 Å². The zero-order chi connectivity index (χ0) is 13.4. The second-order valence-corrected chi connectivity index (χ2v) is 4.70. The van der Waals surface area contributed by atoms with E-state index >= 15 is 0 Å². The van der Waals surface area contributed by atoms with E-state index in [1.54, 1.807) is 5.01 Å². The summed E-state index contributed by atoms with van der Waals surface area (Å²) in [6.07, 6.45) is 0. The Balaban J connectivity index is 2.20. The maximum atomic E-state index is 6.00. The van der Waals surface area contributed by atoms with Crippen molar-refractivity contribution in [3.05, 3.63) is 41.7 Å². The number of nitrogens with zero attached hydrogens (tertiary/aromatic N) is 4. The van der Waals surface area contributed by atoms with Gasteiger partial charge in [0.15, 0.2) is 5.84 Å². The van der Waals surface area contributed by atoms with Crippen LogP contribution in [-0.4, -0.2) is 33.7 Å². The van der Waals surface area contributed by atoms with Gasteiger partial charge in [0.1, 0.15) is 5.69 Å². The average molecular weight is 255 g/mol. The summed E-state index contributed by atoms with van der Waals surface area (Å²) in [5.41, 5.74) is 4.24. The molecular formula is C14H17N5. The van der Waals surface area contributed by atoms with Crippen LogP contribution in [0, 0.1) is 6.92 Å². The Bertz CT molecular complexity index is 627. The maximum absolute atomic E-state index is 6.00. The van der Waals surface area contributed by atoms with Crippen LogP contribution in [0.3, 0.4) is 0 Å². The first-order valence-electron chi connectivity index (χ1n) is 6.34. The van der Waals surface area contributed by atoms with Crippen LogP contribution in [0.15, 0.2) is 35.3 Å². The van der Waals surface area contributed by atoms with Crippen molar-refractivity contribution in [2.75, 3.05) is 13.1 Å². The van der Waals surface area contributed by atoms with Gasteiger partial charge >= 0.3 is 0 Å². The van der Waals surface area contributed by atoms with E-state index in [0.717, 1.165) is 41.4 Å². The maximum Gasteiger partial charge on any atom is 0.164 e. The third-order valence-corrected chi connectivity index (χ3v) is 3.37. The summed E-state index contributed by atoms with van der Waals surface area (Å²) in [5, 5.41) is 6.22. The number of benzene rings is 1. The molecule has 0 radical (unpaired) electrons. The van der Waals surface area contributed by atoms with Gasteiger partial charge in [0.2, 0.25) is 0 Å². The fraction of sp³-hybridized carbons (Fsp3) is 0.286. The molecule has 19 heavy (non-hydrogen) atoms. The van der Waals surface area contributed by atoms with E-state index in [9.17, 15) is 0 Å². The van der Waals surface area contributed by atoms with Crippen LogP contribution in [0.4, 0.5) is 0 Å². The molecule has 1 aliphatic heterocycles. The fourth-order valence-electron chi connectivity index (χ4n) is 2.54. The summed E-state index contributed by atoms with van der Waals surface area (Å²) >= 11 is 0. The summed E-state index contributed by atoms with van der Waals surface area (Å²) in [5.74, 6) is 6.82. The van der Waals surface area contributed by atoms with E-state index in [-0.39, 0.29) is 0 Å². The Morgan fingerprint density at radius 2 is 1.95 bits per heavy atom. The molecule has 2 heterocycles. The predicted octanol–water partition coefficient (Wildman–Crippen LogP) is 1.33. The third-order valence-electron chi connectivity index (χ3n) is 3.37. The lowest BCUT2D eigenvalue weighted by Gasteiger charge is -2.15. The molecule has 0 atom stereocenters. The van der Waals surface area contributed by atoms with Crippen LogP contribution in [-0.2, 0) is 7.05 Å². The van der Waals surface area contributed by atoms with Crippen molar-refractivity contribution < 1.29 is 0 Å². The fourth-order valence-corrected chi connectivity index (χ4v) is 2.54. The van der Waals surface area contributed by atoms with Gasteiger partial charge in [-0.25, -0.2) is 5.84 Å². The topological polar surface area (TPSA) is 59.4 Å². The average Bonchev–Trinajstić information content (AvgIpc) is 2.93. The first kappa shape index (κ1) is 11.9. The van der Waals surface area contributed by atoms with Gasteiger partial charge in [-0.05, 0) is 12.5 Å². The highest BCUT2D eigenvalue weighted by Crippen LogP contribution is 2.28. The molecule has 1 aliphatic rings. The second kappa shape index (κ2) is 4.51. The normalized spacial score (nSPS) is 14.9. The molecule has 1 aromatic carbocycles. The number of hydrazine groups is 1. The standard InChI is InChI=1S/C14H17N5/c1-10-12(11-6-4-3-5-7-11)13(18(2)17-10)14-16-8-9-19(14)15/h3-7H,8-9,15H2,1-2H3. The van der Waals surface area contributed by atoms with Gasteiger partial charge in [0.05, 0.1) is 18.8 Å². The van der Waals surface area contributed by atoms with Crippen LogP contribution in [0.1, 0.15) is 11.4 Å². The lowest BCUT2D eigenvalue weighted by Crippen LogP contribution is -2.36. The number of hydrogen-bond acceptors (Lipinski definition) is 4. The summed E-state index contributed by atoms with van der Waals surface area (Å²) in [7, 11) is 1.93. The van der Waals surface area contributed by atoms with Crippen LogP contribution in [0.25, 0.3) is 11.1 Å². The Labute approximate surface area is 112 Å². The molecule has 0 bridgehead atoms. The van der Waals surface area contributed by atoms with Gasteiger partial charge in [-0.1, -0.05) is 30.3 Å². The van der Waals surface area contributed by atoms with Crippen molar-refractivity contribution in [3.63, 3.8) is 0 Å². The number of hydrogen-bond donors (Lipinski definition) is 1. The highest BCUT2D eigenvalue weighted by Gasteiger charge is 2.24. The molecule has 0 spiro atoms. The Kier molecular flexibility index (Phi) is 2.83. The van der Waals surface area contributed by atoms with E-state index in [1.165, 1.54) is 0 Å². The van der Waals surface area contributed by atoms with Crippen LogP contribution in [0.5, 0.6) is 0 Å². The van der Waals surface area contributed by atoms with Crippen molar-refractivity contribution in [1.82, 2.24) is 14.8 Å². The first-order valence-corrected chi connectivity index (χ1v) is 6.34. The zero-order valence-electron chi connectivity index (χ0n) is 11.2. The van der Waals surface area contributed by atoms with E-state index in [1.807, 2.05) is 36.9 Å². The van der Waals surface area contributed by atoms with Gasteiger partial charge in [-0.15, -0.1) is 0 Å². The molecule has 1 aromatic heterocycles. The lowest BCUT2D eigenvalue weighted by molar-refractivity contribution is 0.481. The molecular weight excluding hydrogens is 238 g/mol. The molecule has 2 N–H and O–H groups in total. The Morgan fingerprint density at radius 3 is 2.58 bits per heavy atom. The molecule has 98 valence electrons. The molecule has 2 aromatic rings. The number of aliphatic imine (C=N–C) groups is 1. The van der Waals surface area contributed by atoms with Gasteiger partial charge in [0.25, 0.3) is 0 Å². The van der Waals surface area contributed by atoms with Crippen molar-refractivity contribution in [2.24, 2.45) is 17.9 Å². The molecule has 0 amide bonds. The highest BCUT2D eigenvalue weighted by molar-refractivity contribution is 6.04. The van der Waals surface area contributed by atoms with Gasteiger partial charge in [0, 0.05) is 12.6 Å². The molecule has 0 fully saturated rings. The van der Waals surface area contributed by atoms with Gasteiger partial charge in [-0.3, -0.25) is 14.7 Å². The largest absolute Gasteiger partial charge is 0.291 e. The molecule has 0 saturated heterocycles. The summed E-state index contributed by atoms with van der Waals surface area (Å²) < 4.78 is 1.86. The summed E-state index contributed by atoms with van der Waals surface area (Å²) in [4.78, 5) is 4.50. The van der Waals surface area contributed by atoms with E-state index in [0.29, 0.717) is 0 Å². The SMILES string of the molecule is Cc1nn(C)c(C2=NCCN2N)c1-c1ccccc1. The highest BCUT2D eigenvalue weighted by atomic mass is 15.5. The summed E-state index contributed by atoms with van der Waals surface area (Å²) in [6, 6.07) is 10.2. The number of rotatable bonds is 2. The monoisotopic (exact) mass is 255 g/mol. The minimum absolute atomic E-state index is 0.740. The second-order valence-electron chi connectivity index (χ2n) is 4.70. The van der Waals surface area contributed by atoms with E-state index in [2.05, 4.69) is 22.2 Å². The molecule has 0 unspecified atom stereocenters. The quantitative estimate of drug-likeness (QED) is 0.824. The number of nitrogens with two attached hydrogens (primary N) is 1. The van der Waals surface area contributed by atoms with Crippen LogP contribution in [0.2, 0.25) is 0 Å². The van der Waals surface area contributed by atoms with E-state index < -0.39 is 0 Å². The van der Waals surface area contributed by atoms with Gasteiger partial charge in [-0.2, -0.15) is 5.10 Å². The van der Waals surface area contributed by atoms with Crippen molar-refractivity contribution in [2.45, 2.75) is 6.92 Å². The van der Waals surface area contributed by atoms with Crippen LogP contribution >= 0.6 is 0 Å². The number of aryl methyl sites for hydroxylation is 2. The van der Waals surface area contributed by atoms with Crippen molar-refractivity contribution >= 4 is 5.84 Å². The molecule has 5 nitrogen and oxygen atoms in total. The molecule has 3 rings (SSSR count). The zero-order valence-corrected chi connectivity index (χ0v) is 11.2. The van der Waals surface area contributed by atoms with Crippen molar-refractivity contribution in [3.8, 4) is 11.1 Å². The third kappa shape index (κ3) is 1.92. The lowest BCUT2D eigenvalue weighted by atomic mass is 10.0. The smallest absolute Gasteiger partial charge is 0.164 e. The summed E-state index contributed by atoms with van der Waals surface area (Å²) in [6.45, 7) is 3.51.